The number of nitrogens with zero attached hydrogens (tertiary/aromatic N) is 10. The molecule has 106 heavy (non-hydrogen) atoms. The molecule has 24 aromatic rings. The maximum atomic E-state index is 5.13. The Morgan fingerprint density at radius 2 is 0.491 bits per heavy atom. The number of rotatable bonds is 6. The SMILES string of the molecule is c1ccc(-n2c3ccc(-c4ccc5c(c4)c4ccccc4n5-c4ccc5c(c4)c4ccccc4c4nc6ccccc6n54)cc3c3ccncc32)cc1.c1ccc(-n2c3ccc(-c4ccc5c(c4)c4ccccc4n5-c4ccc5c(c4)c4ccccc4n4c6ccccc6nc54)cc3c3ccncc32)cc1. The van der Waals surface area contributed by atoms with Gasteiger partial charge in [-0.15, -0.1) is 0 Å². The lowest BCUT2D eigenvalue weighted by atomic mass is 10.0. The van der Waals surface area contributed by atoms with E-state index in [1.165, 1.54) is 120 Å². The Bertz CT molecular complexity index is 7830. The molecule has 0 unspecified atom stereocenters. The molecule has 24 rings (SSSR count). The van der Waals surface area contributed by atoms with Gasteiger partial charge in [0, 0.05) is 99.8 Å². The quantitative estimate of drug-likeness (QED) is 0.155. The van der Waals surface area contributed by atoms with Gasteiger partial charge >= 0.3 is 0 Å². The van der Waals surface area contributed by atoms with Gasteiger partial charge in [-0.05, 0) is 197 Å². The van der Waals surface area contributed by atoms with Crippen LogP contribution in [0.5, 0.6) is 0 Å². The van der Waals surface area contributed by atoms with Gasteiger partial charge in [-0.2, -0.15) is 0 Å². The first-order chi connectivity index (χ1) is 52.6. The number of benzene rings is 14. The van der Waals surface area contributed by atoms with Crippen molar-refractivity contribution in [3.8, 4) is 45.0 Å². The molecule has 0 amide bonds. The number of fused-ring (bicyclic) bond motifs is 28. The molecule has 10 nitrogen and oxygen atoms in total. The minimum atomic E-state index is 0.985. The number of aromatic nitrogens is 10. The molecule has 0 spiro atoms. The van der Waals surface area contributed by atoms with Crippen molar-refractivity contribution in [1.29, 1.82) is 0 Å². The van der Waals surface area contributed by atoms with Crippen LogP contribution < -0.4 is 0 Å². The highest BCUT2D eigenvalue weighted by atomic mass is 15.0. The second-order valence-corrected chi connectivity index (χ2v) is 27.8. The van der Waals surface area contributed by atoms with Gasteiger partial charge in [0.25, 0.3) is 0 Å². The Morgan fingerprint density at radius 3 is 0.962 bits per heavy atom. The Morgan fingerprint density at radius 1 is 0.179 bits per heavy atom. The Balaban J connectivity index is 0.000000129. The Kier molecular flexibility index (Phi) is 12.4. The molecule has 0 radical (unpaired) electrons. The van der Waals surface area contributed by atoms with Crippen LogP contribution in [-0.4, -0.2) is 47.0 Å². The molecule has 0 saturated heterocycles. The second kappa shape index (κ2) is 22.5. The first-order valence-corrected chi connectivity index (χ1v) is 36.0. The van der Waals surface area contributed by atoms with Gasteiger partial charge < -0.3 is 18.3 Å². The molecule has 0 fully saturated rings. The number of para-hydroxylation sites is 9. The summed E-state index contributed by atoms with van der Waals surface area (Å²) in [6.07, 6.45) is 7.72. The number of imidazole rings is 2. The van der Waals surface area contributed by atoms with Crippen LogP contribution >= 0.6 is 0 Å². The average Bonchev–Trinajstić information content (AvgIpc) is 1.49. The molecule has 0 aliphatic heterocycles. The third-order valence-corrected chi connectivity index (χ3v) is 22.2. The zero-order valence-electron chi connectivity index (χ0n) is 57.0. The Hall–Kier alpha value is -14.5. The lowest BCUT2D eigenvalue weighted by molar-refractivity contribution is 1.17. The summed E-state index contributed by atoms with van der Waals surface area (Å²) in [6, 6.07) is 118. The fourth-order valence-electron chi connectivity index (χ4n) is 17.5. The molecule has 0 bridgehead atoms. The van der Waals surface area contributed by atoms with E-state index in [0.717, 1.165) is 88.9 Å². The summed E-state index contributed by atoms with van der Waals surface area (Å²) in [5, 5.41) is 16.9. The summed E-state index contributed by atoms with van der Waals surface area (Å²) in [4.78, 5) is 19.2. The van der Waals surface area contributed by atoms with Crippen LogP contribution in [0.1, 0.15) is 0 Å². The van der Waals surface area contributed by atoms with E-state index in [4.69, 9.17) is 9.97 Å². The minimum absolute atomic E-state index is 0.985. The van der Waals surface area contributed by atoms with E-state index in [1.807, 2.05) is 24.8 Å². The molecule has 0 aliphatic rings. The molecule has 10 heterocycles. The second-order valence-electron chi connectivity index (χ2n) is 27.8. The first kappa shape index (κ1) is 58.2. The van der Waals surface area contributed by atoms with Crippen LogP contribution in [0.25, 0.3) is 209 Å². The highest BCUT2D eigenvalue weighted by Gasteiger charge is 2.23. The highest BCUT2D eigenvalue weighted by molar-refractivity contribution is 6.19. The summed E-state index contributed by atoms with van der Waals surface area (Å²) < 4.78 is 14.1. The van der Waals surface area contributed by atoms with Crippen molar-refractivity contribution >= 4 is 164 Å². The maximum Gasteiger partial charge on any atom is 0.146 e. The minimum Gasteiger partial charge on any atom is -0.309 e. The van der Waals surface area contributed by atoms with Gasteiger partial charge in [0.05, 0.1) is 89.6 Å². The van der Waals surface area contributed by atoms with Crippen LogP contribution in [0.3, 0.4) is 0 Å². The molecule has 0 saturated carbocycles. The van der Waals surface area contributed by atoms with Gasteiger partial charge in [0.15, 0.2) is 0 Å². The monoisotopic (exact) mass is 1350 g/mol. The number of hydrogen-bond donors (Lipinski definition) is 0. The van der Waals surface area contributed by atoms with Crippen LogP contribution in [0, 0.1) is 0 Å². The average molecular weight is 1350 g/mol. The van der Waals surface area contributed by atoms with Gasteiger partial charge in [-0.1, -0.05) is 164 Å². The summed E-state index contributed by atoms with van der Waals surface area (Å²) in [7, 11) is 0. The van der Waals surface area contributed by atoms with E-state index in [1.54, 1.807) is 0 Å². The topological polar surface area (TPSA) is 80.1 Å². The first-order valence-electron chi connectivity index (χ1n) is 36.0. The molecule has 0 N–H and O–H groups in total. The normalized spacial score (nSPS) is 12.2. The molecular formula is C96H58N10. The highest BCUT2D eigenvalue weighted by Crippen LogP contribution is 2.44. The molecule has 0 atom stereocenters. The Labute approximate surface area is 604 Å². The summed E-state index contributed by atoms with van der Waals surface area (Å²) in [5.41, 5.74) is 27.1. The van der Waals surface area contributed by atoms with Crippen molar-refractivity contribution in [3.63, 3.8) is 0 Å². The maximum absolute atomic E-state index is 5.13. The van der Waals surface area contributed by atoms with Crippen LogP contribution in [-0.2, 0) is 0 Å². The molecule has 10 aromatic heterocycles. The fraction of sp³-hybridized carbons (Fsp3) is 0. The number of hydrogen-bond acceptors (Lipinski definition) is 4. The largest absolute Gasteiger partial charge is 0.309 e. The van der Waals surface area contributed by atoms with E-state index in [0.29, 0.717) is 0 Å². The van der Waals surface area contributed by atoms with E-state index in [9.17, 15) is 0 Å². The molecule has 0 aliphatic carbocycles. The van der Waals surface area contributed by atoms with Gasteiger partial charge in [0.1, 0.15) is 11.3 Å². The lowest BCUT2D eigenvalue weighted by Crippen LogP contribution is -1.96. The molecule has 492 valence electrons. The smallest absolute Gasteiger partial charge is 0.146 e. The van der Waals surface area contributed by atoms with Crippen molar-refractivity contribution in [1.82, 2.24) is 47.0 Å². The van der Waals surface area contributed by atoms with Crippen LogP contribution in [0.4, 0.5) is 0 Å². The third-order valence-electron chi connectivity index (χ3n) is 22.2. The predicted octanol–water partition coefficient (Wildman–Crippen LogP) is 24.1. The third kappa shape index (κ3) is 8.49. The lowest BCUT2D eigenvalue weighted by Gasteiger charge is -2.13. The van der Waals surface area contributed by atoms with Gasteiger partial charge in [-0.3, -0.25) is 18.8 Å². The zero-order chi connectivity index (χ0) is 69.2. The molecular weight excluding hydrogens is 1290 g/mol. The van der Waals surface area contributed by atoms with Crippen molar-refractivity contribution in [2.24, 2.45) is 0 Å². The summed E-state index contributed by atoms with van der Waals surface area (Å²) >= 11 is 0. The van der Waals surface area contributed by atoms with Crippen molar-refractivity contribution < 1.29 is 0 Å². The van der Waals surface area contributed by atoms with E-state index >= 15 is 0 Å². The fourth-order valence-corrected chi connectivity index (χ4v) is 17.5. The molecule has 14 aromatic carbocycles. The summed E-state index contributed by atoms with van der Waals surface area (Å²) in [6.45, 7) is 0. The van der Waals surface area contributed by atoms with Crippen molar-refractivity contribution in [3.05, 3.63) is 352 Å². The summed E-state index contributed by atoms with van der Waals surface area (Å²) in [5.74, 6) is 0. The van der Waals surface area contributed by atoms with E-state index in [-0.39, 0.29) is 0 Å². The van der Waals surface area contributed by atoms with Crippen molar-refractivity contribution in [2.45, 2.75) is 0 Å². The van der Waals surface area contributed by atoms with Crippen molar-refractivity contribution in [2.75, 3.05) is 0 Å². The molecule has 10 heteroatoms. The van der Waals surface area contributed by atoms with E-state index in [2.05, 4.69) is 365 Å². The van der Waals surface area contributed by atoms with E-state index < -0.39 is 0 Å². The van der Waals surface area contributed by atoms with Gasteiger partial charge in [-0.25, -0.2) is 9.97 Å². The standard InChI is InChI=1S/2C48H29N5/c1-2-10-32(11-3-1)51-44-22-18-31(27-40(44)36-24-25-49-29-47(36)51)30-19-23-45-39(26-30)35-13-5-7-15-42(35)52(45)33-20-21-37-38(28-33)34-12-4-8-16-43(34)53-46-17-9-6-14-41(46)50-48(37)53;1-2-10-32(11-3-1)51-43-21-18-31(27-39(43)36-24-25-49-29-47(36)51)30-19-22-44-38(26-30)35-13-6-8-16-42(35)52(44)33-20-23-45-40(28-33)34-12-4-5-14-37(34)48-50-41-15-7-9-17-46(41)53(45)48/h2*1-29H. The predicted molar refractivity (Wildman–Crippen MR) is 439 cm³/mol. The van der Waals surface area contributed by atoms with Crippen LogP contribution in [0.15, 0.2) is 352 Å². The van der Waals surface area contributed by atoms with Gasteiger partial charge in [0.2, 0.25) is 0 Å². The number of pyridine rings is 4. The zero-order valence-corrected chi connectivity index (χ0v) is 57.0. The van der Waals surface area contributed by atoms with Crippen LogP contribution in [0.2, 0.25) is 0 Å².